The smallest absolute Gasteiger partial charge is 0.334 e. The summed E-state index contributed by atoms with van der Waals surface area (Å²) in [5.41, 5.74) is 0.605. The molecule has 55 heavy (non-hydrogen) atoms. The molecular weight excluding hydrogens is 689 g/mol. The summed E-state index contributed by atoms with van der Waals surface area (Å²) < 4.78 is 11.2. The summed E-state index contributed by atoms with van der Waals surface area (Å²) in [5.74, 6) is -0.290. The Morgan fingerprint density at radius 1 is 0.509 bits per heavy atom. The topological polar surface area (TPSA) is 116 Å². The van der Waals surface area contributed by atoms with E-state index in [4.69, 9.17) is 9.47 Å². The van der Waals surface area contributed by atoms with E-state index in [1.165, 1.54) is 128 Å². The molecule has 0 aromatic rings. The fourth-order valence-electron chi connectivity index (χ4n) is 8.70. The minimum atomic E-state index is -0.581. The monoisotopic (exact) mass is 779 g/mol. The van der Waals surface area contributed by atoms with Crippen molar-refractivity contribution >= 4 is 5.97 Å². The fourth-order valence-corrected chi connectivity index (χ4v) is 8.70. The molecule has 1 saturated heterocycles. The van der Waals surface area contributed by atoms with Gasteiger partial charge in [-0.3, -0.25) is 0 Å². The first-order chi connectivity index (χ1) is 26.8. The number of carbonyl (C=O) groups is 1. The van der Waals surface area contributed by atoms with E-state index < -0.39 is 24.4 Å². The van der Waals surface area contributed by atoms with Crippen molar-refractivity contribution in [2.75, 3.05) is 0 Å². The van der Waals surface area contributed by atoms with E-state index in [0.717, 1.165) is 77.0 Å². The lowest BCUT2D eigenvalue weighted by molar-refractivity contribution is -0.139. The zero-order valence-electron chi connectivity index (χ0n) is 36.1. The summed E-state index contributed by atoms with van der Waals surface area (Å²) in [6, 6.07) is 0. The van der Waals surface area contributed by atoms with E-state index in [0.29, 0.717) is 31.3 Å². The van der Waals surface area contributed by atoms with Crippen LogP contribution in [0.1, 0.15) is 245 Å². The Balaban J connectivity index is 1.31. The number of ether oxygens (including phenoxy) is 2. The highest BCUT2D eigenvalue weighted by molar-refractivity contribution is 5.90. The van der Waals surface area contributed by atoms with Crippen LogP contribution in [-0.4, -0.2) is 69.1 Å². The van der Waals surface area contributed by atoms with Gasteiger partial charge in [0.25, 0.3) is 0 Å². The third-order valence-electron chi connectivity index (χ3n) is 12.4. The van der Waals surface area contributed by atoms with Crippen molar-refractivity contribution in [3.63, 3.8) is 0 Å². The Morgan fingerprint density at radius 2 is 0.873 bits per heavy atom. The third-order valence-corrected chi connectivity index (χ3v) is 12.4. The maximum Gasteiger partial charge on any atom is 0.334 e. The van der Waals surface area contributed by atoms with Gasteiger partial charge in [-0.05, 0) is 57.9 Å². The zero-order chi connectivity index (χ0) is 39.8. The second-order valence-electron chi connectivity index (χ2n) is 17.7. The minimum Gasteiger partial charge on any atom is -0.455 e. The predicted octanol–water partition coefficient (Wildman–Crippen LogP) is 12.1. The molecule has 324 valence electrons. The van der Waals surface area contributed by atoms with E-state index >= 15 is 0 Å². The maximum absolute atomic E-state index is 11.7. The molecule has 0 amide bonds. The highest BCUT2D eigenvalue weighted by atomic mass is 16.5. The van der Waals surface area contributed by atoms with E-state index in [1.807, 2.05) is 6.92 Å². The van der Waals surface area contributed by atoms with Gasteiger partial charge < -0.3 is 29.9 Å². The highest BCUT2D eigenvalue weighted by Gasteiger charge is 2.34. The summed E-state index contributed by atoms with van der Waals surface area (Å²) >= 11 is 0. The number of hydrogen-bond donors (Lipinski definition) is 4. The van der Waals surface area contributed by atoms with Gasteiger partial charge in [-0.15, -0.1) is 0 Å². The van der Waals surface area contributed by atoms with Crippen LogP contribution in [0, 0.1) is 0 Å². The first-order valence-electron chi connectivity index (χ1n) is 24.1. The standard InChI is InChI=1S/C48H90O7/c1-3-4-5-6-7-8-9-10-11-12-13-14-15-16-17-18-19-20-24-27-30-33-44(51)46-36-37-47(55-46)45(52)35-34-42(49)31-28-25-22-21-23-26-29-32-43(50)39-41-38-40(2)54-48(41)53/h38,40,42-47,49-52H,3-37,39H2,1-2H3/t40-,42+,43+,44+,45+,46+,47+/m0/s1. The number of carbonyl (C=O) groups excluding carboxylic acids is 1. The second kappa shape index (κ2) is 33.9. The van der Waals surface area contributed by atoms with Gasteiger partial charge in [0.1, 0.15) is 6.10 Å². The molecule has 0 radical (unpaired) electrons. The highest BCUT2D eigenvalue weighted by Crippen LogP contribution is 2.29. The molecule has 2 heterocycles. The number of hydrogen-bond acceptors (Lipinski definition) is 7. The molecule has 2 aliphatic rings. The van der Waals surface area contributed by atoms with Gasteiger partial charge in [-0.2, -0.15) is 0 Å². The molecule has 4 N–H and O–H groups in total. The Morgan fingerprint density at radius 3 is 1.27 bits per heavy atom. The molecule has 2 rings (SSSR count). The van der Waals surface area contributed by atoms with Crippen molar-refractivity contribution in [2.24, 2.45) is 0 Å². The molecule has 2 aliphatic heterocycles. The minimum absolute atomic E-state index is 0.168. The SMILES string of the molecule is CCCCCCCCCCCCCCCCCCCCCCC[C@@H](O)[C@H]1CC[C@H]([C@H](O)CC[C@H](O)CCCCCCCCC[C@@H](O)CC2=C[C@H](C)OC2=O)O1. The zero-order valence-corrected chi connectivity index (χ0v) is 36.1. The molecule has 0 unspecified atom stereocenters. The van der Waals surface area contributed by atoms with Gasteiger partial charge in [-0.1, -0.05) is 187 Å². The van der Waals surface area contributed by atoms with Gasteiger partial charge in [0, 0.05) is 12.0 Å². The van der Waals surface area contributed by atoms with Crippen LogP contribution < -0.4 is 0 Å². The molecule has 7 heteroatoms. The van der Waals surface area contributed by atoms with Gasteiger partial charge in [0.2, 0.25) is 0 Å². The van der Waals surface area contributed by atoms with Crippen LogP contribution in [-0.2, 0) is 14.3 Å². The van der Waals surface area contributed by atoms with Gasteiger partial charge in [-0.25, -0.2) is 4.79 Å². The molecule has 7 atom stereocenters. The van der Waals surface area contributed by atoms with Crippen LogP contribution in [0.5, 0.6) is 0 Å². The summed E-state index contributed by atoms with van der Waals surface area (Å²) in [6.45, 7) is 4.12. The Kier molecular flexibility index (Phi) is 30.9. The van der Waals surface area contributed by atoms with Crippen LogP contribution in [0.3, 0.4) is 0 Å². The molecule has 0 aliphatic carbocycles. The first kappa shape index (κ1) is 50.2. The summed E-state index contributed by atoms with van der Waals surface area (Å²) in [4.78, 5) is 11.7. The average molecular weight is 779 g/mol. The quantitative estimate of drug-likeness (QED) is 0.0363. The lowest BCUT2D eigenvalue weighted by atomic mass is 9.98. The van der Waals surface area contributed by atoms with Crippen LogP contribution in [0.25, 0.3) is 0 Å². The molecule has 0 aromatic heterocycles. The van der Waals surface area contributed by atoms with Crippen molar-refractivity contribution in [1.82, 2.24) is 0 Å². The van der Waals surface area contributed by atoms with Crippen molar-refractivity contribution in [3.05, 3.63) is 11.6 Å². The third kappa shape index (κ3) is 26.6. The lowest BCUT2D eigenvalue weighted by Crippen LogP contribution is -2.31. The van der Waals surface area contributed by atoms with Gasteiger partial charge in [0.15, 0.2) is 0 Å². The Labute approximate surface area is 339 Å². The van der Waals surface area contributed by atoms with Crippen molar-refractivity contribution in [3.8, 4) is 0 Å². The van der Waals surface area contributed by atoms with Crippen LogP contribution in [0.2, 0.25) is 0 Å². The number of cyclic esters (lactones) is 1. The van der Waals surface area contributed by atoms with Gasteiger partial charge in [0.05, 0.1) is 36.6 Å². The van der Waals surface area contributed by atoms with Crippen LogP contribution >= 0.6 is 0 Å². The van der Waals surface area contributed by atoms with E-state index in [1.54, 1.807) is 6.08 Å². The van der Waals surface area contributed by atoms with Gasteiger partial charge >= 0.3 is 5.97 Å². The Hall–Kier alpha value is -0.990. The van der Waals surface area contributed by atoms with E-state index in [9.17, 15) is 25.2 Å². The molecule has 0 bridgehead atoms. The second-order valence-corrected chi connectivity index (χ2v) is 17.7. The number of aliphatic hydroxyl groups excluding tert-OH is 4. The normalized spacial score (nSPS) is 20.8. The van der Waals surface area contributed by atoms with E-state index in [-0.39, 0.29) is 24.3 Å². The summed E-state index contributed by atoms with van der Waals surface area (Å²) in [7, 11) is 0. The largest absolute Gasteiger partial charge is 0.455 e. The molecular formula is C48H90O7. The predicted molar refractivity (Wildman–Crippen MR) is 228 cm³/mol. The van der Waals surface area contributed by atoms with Crippen molar-refractivity contribution in [1.29, 1.82) is 0 Å². The van der Waals surface area contributed by atoms with Crippen LogP contribution in [0.15, 0.2) is 11.6 Å². The van der Waals surface area contributed by atoms with Crippen LogP contribution in [0.4, 0.5) is 0 Å². The Bertz CT molecular complexity index is 924. The molecule has 0 spiro atoms. The molecule has 0 saturated carbocycles. The van der Waals surface area contributed by atoms with Crippen molar-refractivity contribution in [2.45, 2.75) is 288 Å². The number of aliphatic hydroxyl groups is 4. The summed E-state index contributed by atoms with van der Waals surface area (Å²) in [6.07, 6.45) is 41.2. The molecule has 0 aromatic carbocycles. The van der Waals surface area contributed by atoms with Crippen molar-refractivity contribution < 1.29 is 34.7 Å². The average Bonchev–Trinajstić information content (AvgIpc) is 3.79. The van der Waals surface area contributed by atoms with E-state index in [2.05, 4.69) is 6.92 Å². The fraction of sp³-hybridized carbons (Fsp3) is 0.938. The number of esters is 1. The number of rotatable bonds is 39. The number of unbranched alkanes of at least 4 members (excludes halogenated alkanes) is 26. The maximum atomic E-state index is 11.7. The molecule has 7 nitrogen and oxygen atoms in total. The summed E-state index contributed by atoms with van der Waals surface area (Å²) in [5, 5.41) is 42.2. The first-order valence-corrected chi connectivity index (χ1v) is 24.1. The molecule has 1 fully saturated rings. The lowest BCUT2D eigenvalue weighted by Gasteiger charge is -2.23.